The summed E-state index contributed by atoms with van der Waals surface area (Å²) in [7, 11) is 0. The van der Waals surface area contributed by atoms with Gasteiger partial charge in [-0.05, 0) is 62.2 Å². The van der Waals surface area contributed by atoms with Crippen LogP contribution in [0, 0.1) is 28.1 Å². The van der Waals surface area contributed by atoms with E-state index < -0.39 is 22.8 Å². The molecule has 0 radical (unpaired) electrons. The molecule has 3 atom stereocenters. The Labute approximate surface area is 119 Å². The van der Waals surface area contributed by atoms with E-state index in [2.05, 4.69) is 6.92 Å². The maximum Gasteiger partial charge on any atom is 0.311 e. The highest BCUT2D eigenvalue weighted by Crippen LogP contribution is 2.75. The van der Waals surface area contributed by atoms with Crippen molar-refractivity contribution in [2.24, 2.45) is 28.1 Å². The Hall–Kier alpha value is -1.06. The van der Waals surface area contributed by atoms with E-state index in [1.807, 2.05) is 6.92 Å². The Morgan fingerprint density at radius 2 is 1.50 bits per heavy atom. The van der Waals surface area contributed by atoms with Gasteiger partial charge in [0.1, 0.15) is 0 Å². The first kappa shape index (κ1) is 13.9. The molecule has 4 heteroatoms. The fourth-order valence-electron chi connectivity index (χ4n) is 6.65. The van der Waals surface area contributed by atoms with Crippen molar-refractivity contribution in [3.05, 3.63) is 0 Å². The highest BCUT2D eigenvalue weighted by Gasteiger charge is 2.76. The van der Waals surface area contributed by atoms with E-state index in [4.69, 9.17) is 0 Å². The minimum absolute atomic E-state index is 0.309. The number of rotatable bonds is 4. The zero-order valence-corrected chi connectivity index (χ0v) is 12.3. The van der Waals surface area contributed by atoms with Crippen molar-refractivity contribution in [2.75, 3.05) is 0 Å². The van der Waals surface area contributed by atoms with Gasteiger partial charge in [0.25, 0.3) is 0 Å². The fourth-order valence-corrected chi connectivity index (χ4v) is 6.65. The highest BCUT2D eigenvalue weighted by atomic mass is 16.4. The minimum Gasteiger partial charge on any atom is -0.481 e. The molecular formula is C16H24O4. The van der Waals surface area contributed by atoms with Crippen molar-refractivity contribution in [1.29, 1.82) is 0 Å². The van der Waals surface area contributed by atoms with Gasteiger partial charge in [-0.2, -0.15) is 0 Å². The van der Waals surface area contributed by atoms with Crippen LogP contribution in [0.15, 0.2) is 0 Å². The van der Waals surface area contributed by atoms with Gasteiger partial charge in [0, 0.05) is 0 Å². The summed E-state index contributed by atoms with van der Waals surface area (Å²) >= 11 is 0. The maximum absolute atomic E-state index is 12.3. The van der Waals surface area contributed by atoms with Crippen LogP contribution >= 0.6 is 0 Å². The second kappa shape index (κ2) is 3.99. The lowest BCUT2D eigenvalue weighted by Gasteiger charge is -2.69. The summed E-state index contributed by atoms with van der Waals surface area (Å²) < 4.78 is 0. The molecule has 4 bridgehead atoms. The molecule has 0 spiro atoms. The Morgan fingerprint density at radius 1 is 0.950 bits per heavy atom. The number of carboxylic acid groups (broad SMARTS) is 2. The predicted octanol–water partition coefficient (Wildman–Crippen LogP) is 3.16. The molecule has 4 aliphatic rings. The van der Waals surface area contributed by atoms with Crippen molar-refractivity contribution >= 4 is 11.9 Å². The molecule has 0 saturated heterocycles. The first-order valence-corrected chi connectivity index (χ1v) is 7.84. The molecule has 4 saturated carbocycles. The minimum atomic E-state index is -1.08. The SMILES string of the molecule is CCC12CC3CC(C1)CC(C(=O)O)(C3)C2(CC)C(=O)O. The molecular weight excluding hydrogens is 256 g/mol. The van der Waals surface area contributed by atoms with E-state index in [0.717, 1.165) is 25.7 Å². The van der Waals surface area contributed by atoms with E-state index in [-0.39, 0.29) is 5.41 Å². The summed E-state index contributed by atoms with van der Waals surface area (Å²) in [5.74, 6) is -0.910. The Kier molecular flexibility index (Phi) is 2.77. The van der Waals surface area contributed by atoms with Crippen LogP contribution in [0.5, 0.6) is 0 Å². The molecule has 3 unspecified atom stereocenters. The lowest BCUT2D eigenvalue weighted by Crippen LogP contribution is -2.70. The lowest BCUT2D eigenvalue weighted by molar-refractivity contribution is -0.246. The van der Waals surface area contributed by atoms with Gasteiger partial charge in [0.05, 0.1) is 10.8 Å². The normalized spacial score (nSPS) is 49.3. The summed E-state index contributed by atoms with van der Waals surface area (Å²) in [5, 5.41) is 20.0. The van der Waals surface area contributed by atoms with Gasteiger partial charge in [-0.1, -0.05) is 13.8 Å². The van der Waals surface area contributed by atoms with Gasteiger partial charge in [-0.25, -0.2) is 0 Å². The summed E-state index contributed by atoms with van der Waals surface area (Å²) in [6.07, 6.45) is 5.29. The topological polar surface area (TPSA) is 74.6 Å². The largest absolute Gasteiger partial charge is 0.481 e. The highest BCUT2D eigenvalue weighted by molar-refractivity contribution is 5.88. The number of hydrogen-bond acceptors (Lipinski definition) is 2. The molecule has 20 heavy (non-hydrogen) atoms. The molecule has 4 nitrogen and oxygen atoms in total. The lowest BCUT2D eigenvalue weighted by atomic mass is 9.32. The number of carboxylic acids is 2. The zero-order chi connectivity index (χ0) is 14.8. The average Bonchev–Trinajstić information content (AvgIpc) is 2.37. The Bertz CT molecular complexity index is 455. The van der Waals surface area contributed by atoms with Crippen LogP contribution < -0.4 is 0 Å². The molecule has 112 valence electrons. The molecule has 2 N–H and O–H groups in total. The standard InChI is InChI=1S/C16H24O4/c1-3-14-6-10-5-11(7-14)9-15(8-10,12(17)18)16(14,4-2)13(19)20/h10-11H,3-9H2,1-2H3,(H,17,18)(H,19,20). The molecule has 0 amide bonds. The van der Waals surface area contributed by atoms with Gasteiger partial charge in [-0.3, -0.25) is 9.59 Å². The van der Waals surface area contributed by atoms with Crippen LogP contribution in [0.1, 0.15) is 58.8 Å². The Morgan fingerprint density at radius 3 is 1.85 bits per heavy atom. The van der Waals surface area contributed by atoms with E-state index in [9.17, 15) is 19.8 Å². The third-order valence-electron chi connectivity index (χ3n) is 7.00. The zero-order valence-electron chi connectivity index (χ0n) is 12.3. The van der Waals surface area contributed by atoms with Gasteiger partial charge in [0.2, 0.25) is 0 Å². The summed E-state index contributed by atoms with van der Waals surface area (Å²) in [6, 6.07) is 0. The van der Waals surface area contributed by atoms with E-state index in [0.29, 0.717) is 31.1 Å². The van der Waals surface area contributed by atoms with Crippen LogP contribution in [0.4, 0.5) is 0 Å². The van der Waals surface area contributed by atoms with Crippen LogP contribution in [-0.2, 0) is 9.59 Å². The molecule has 4 aliphatic carbocycles. The quantitative estimate of drug-likeness (QED) is 0.829. The van der Waals surface area contributed by atoms with Gasteiger partial charge < -0.3 is 10.2 Å². The van der Waals surface area contributed by atoms with Crippen LogP contribution in [0.25, 0.3) is 0 Å². The maximum atomic E-state index is 12.3. The fraction of sp³-hybridized carbons (Fsp3) is 0.875. The summed E-state index contributed by atoms with van der Waals surface area (Å²) in [4.78, 5) is 24.4. The smallest absolute Gasteiger partial charge is 0.311 e. The molecule has 4 fully saturated rings. The van der Waals surface area contributed by atoms with Crippen molar-refractivity contribution in [3.8, 4) is 0 Å². The number of aliphatic carboxylic acids is 2. The van der Waals surface area contributed by atoms with Crippen molar-refractivity contribution in [1.82, 2.24) is 0 Å². The van der Waals surface area contributed by atoms with Crippen molar-refractivity contribution in [3.63, 3.8) is 0 Å². The predicted molar refractivity (Wildman–Crippen MR) is 73.2 cm³/mol. The van der Waals surface area contributed by atoms with Crippen molar-refractivity contribution in [2.45, 2.75) is 58.8 Å². The number of hydrogen-bond donors (Lipinski definition) is 2. The third-order valence-corrected chi connectivity index (χ3v) is 7.00. The first-order chi connectivity index (χ1) is 9.37. The molecule has 0 heterocycles. The number of carbonyl (C=O) groups is 2. The summed E-state index contributed by atoms with van der Waals surface area (Å²) in [5.41, 5.74) is -2.42. The molecule has 0 aromatic carbocycles. The molecule has 0 aromatic heterocycles. The summed E-state index contributed by atoms with van der Waals surface area (Å²) in [6.45, 7) is 3.93. The van der Waals surface area contributed by atoms with Gasteiger partial charge in [0.15, 0.2) is 0 Å². The second-order valence-corrected chi connectivity index (χ2v) is 7.37. The molecule has 0 aromatic rings. The van der Waals surface area contributed by atoms with Crippen LogP contribution in [0.2, 0.25) is 0 Å². The van der Waals surface area contributed by atoms with E-state index in [1.165, 1.54) is 0 Å². The second-order valence-electron chi connectivity index (χ2n) is 7.37. The van der Waals surface area contributed by atoms with Crippen molar-refractivity contribution < 1.29 is 19.8 Å². The third kappa shape index (κ3) is 1.24. The monoisotopic (exact) mass is 280 g/mol. The van der Waals surface area contributed by atoms with E-state index >= 15 is 0 Å². The van der Waals surface area contributed by atoms with Crippen LogP contribution in [0.3, 0.4) is 0 Å². The van der Waals surface area contributed by atoms with E-state index in [1.54, 1.807) is 0 Å². The average molecular weight is 280 g/mol. The Balaban J connectivity index is 2.26. The first-order valence-electron chi connectivity index (χ1n) is 7.84. The molecule has 4 rings (SSSR count). The van der Waals surface area contributed by atoms with Crippen LogP contribution in [-0.4, -0.2) is 22.2 Å². The van der Waals surface area contributed by atoms with Gasteiger partial charge in [-0.15, -0.1) is 0 Å². The van der Waals surface area contributed by atoms with Gasteiger partial charge >= 0.3 is 11.9 Å². The molecule has 0 aliphatic heterocycles.